The highest BCUT2D eigenvalue weighted by Crippen LogP contribution is 2.46. The van der Waals surface area contributed by atoms with Crippen molar-refractivity contribution in [3.63, 3.8) is 0 Å². The first kappa shape index (κ1) is 8.79. The second-order valence-electron chi connectivity index (χ2n) is 2.72. The third-order valence-corrected chi connectivity index (χ3v) is 3.51. The zero-order valence-corrected chi connectivity index (χ0v) is 8.45. The number of rotatable bonds is 1. The fraction of sp³-hybridized carbons (Fsp3) is 0.125. The molecule has 5 heteroatoms. The highest BCUT2D eigenvalue weighted by molar-refractivity contribution is 7.74. The van der Waals surface area contributed by atoms with Crippen LogP contribution in [0.4, 0.5) is 5.69 Å². The van der Waals surface area contributed by atoms with Crippen molar-refractivity contribution in [2.24, 2.45) is 4.99 Å². The van der Waals surface area contributed by atoms with Crippen LogP contribution in [0.3, 0.4) is 0 Å². The van der Waals surface area contributed by atoms with E-state index in [1.54, 1.807) is 0 Å². The minimum Gasteiger partial charge on any atom is -0.362 e. The van der Waals surface area contributed by atoms with Gasteiger partial charge in [-0.1, -0.05) is 29.4 Å². The SMILES string of the molecule is O=[PH](Cl)C1NC=Nc2ccccc21. The average Bonchev–Trinajstić information content (AvgIpc) is 2.17. The molecule has 3 nitrogen and oxygen atoms in total. The molecule has 2 rings (SSSR count). The Hall–Kier alpha value is -0.790. The molecule has 1 N–H and O–H groups in total. The molecule has 0 aromatic heterocycles. The van der Waals surface area contributed by atoms with Crippen LogP contribution in [0.5, 0.6) is 0 Å². The van der Waals surface area contributed by atoms with Gasteiger partial charge in [0.05, 0.1) is 12.0 Å². The first-order valence-corrected chi connectivity index (χ1v) is 6.35. The number of hydrogen-bond donors (Lipinski definition) is 1. The Morgan fingerprint density at radius 3 is 3.00 bits per heavy atom. The van der Waals surface area contributed by atoms with Crippen LogP contribution in [-0.2, 0) is 4.57 Å². The van der Waals surface area contributed by atoms with Gasteiger partial charge >= 0.3 is 0 Å². The van der Waals surface area contributed by atoms with E-state index in [0.717, 1.165) is 11.3 Å². The summed E-state index contributed by atoms with van der Waals surface area (Å²) in [4.78, 5) is 4.11. The van der Waals surface area contributed by atoms with E-state index < -0.39 is 7.15 Å². The Labute approximate surface area is 81.4 Å². The molecule has 1 aromatic carbocycles. The number of nitrogens with zero attached hydrogens (tertiary/aromatic N) is 1. The lowest BCUT2D eigenvalue weighted by atomic mass is 10.1. The first-order chi connectivity index (χ1) is 6.29. The molecular formula is C8H8ClN2OP. The van der Waals surface area contributed by atoms with E-state index in [9.17, 15) is 4.57 Å². The quantitative estimate of drug-likeness (QED) is 0.731. The van der Waals surface area contributed by atoms with Gasteiger partial charge in [0.15, 0.2) is 7.15 Å². The summed E-state index contributed by atoms with van der Waals surface area (Å²) < 4.78 is 11.2. The van der Waals surface area contributed by atoms with E-state index in [0.29, 0.717) is 0 Å². The predicted octanol–water partition coefficient (Wildman–Crippen LogP) is 2.66. The first-order valence-electron chi connectivity index (χ1n) is 3.86. The van der Waals surface area contributed by atoms with Crippen LogP contribution in [0.1, 0.15) is 11.3 Å². The lowest BCUT2D eigenvalue weighted by molar-refractivity contribution is 0.585. The van der Waals surface area contributed by atoms with Crippen molar-refractivity contribution < 1.29 is 4.57 Å². The smallest absolute Gasteiger partial charge is 0.183 e. The van der Waals surface area contributed by atoms with E-state index in [4.69, 9.17) is 11.2 Å². The molecule has 68 valence electrons. The minimum atomic E-state index is -2.13. The molecule has 0 spiro atoms. The highest BCUT2D eigenvalue weighted by atomic mass is 35.7. The van der Waals surface area contributed by atoms with Gasteiger partial charge in [-0.15, -0.1) is 0 Å². The Bertz CT molecular complexity index is 380. The molecule has 0 saturated carbocycles. The summed E-state index contributed by atoms with van der Waals surface area (Å²) in [6, 6.07) is 7.54. The average molecular weight is 215 g/mol. The summed E-state index contributed by atoms with van der Waals surface area (Å²) >= 11 is 5.61. The van der Waals surface area contributed by atoms with Crippen molar-refractivity contribution in [2.75, 3.05) is 0 Å². The van der Waals surface area contributed by atoms with Crippen LogP contribution < -0.4 is 5.32 Å². The molecule has 13 heavy (non-hydrogen) atoms. The van der Waals surface area contributed by atoms with Crippen LogP contribution in [-0.4, -0.2) is 6.34 Å². The van der Waals surface area contributed by atoms with Crippen LogP contribution in [0.15, 0.2) is 29.3 Å². The predicted molar refractivity (Wildman–Crippen MR) is 55.3 cm³/mol. The van der Waals surface area contributed by atoms with E-state index in [1.165, 1.54) is 6.34 Å². The van der Waals surface area contributed by atoms with Crippen molar-refractivity contribution in [1.29, 1.82) is 0 Å². The normalized spacial score (nSPS) is 21.8. The van der Waals surface area contributed by atoms with Crippen LogP contribution in [0.25, 0.3) is 0 Å². The molecule has 0 amide bonds. The lowest BCUT2D eigenvalue weighted by Crippen LogP contribution is -2.18. The maximum Gasteiger partial charge on any atom is 0.183 e. The third-order valence-electron chi connectivity index (χ3n) is 1.92. The number of aliphatic imine (C=N–C) groups is 1. The highest BCUT2D eigenvalue weighted by Gasteiger charge is 2.20. The maximum atomic E-state index is 11.2. The summed E-state index contributed by atoms with van der Waals surface area (Å²) in [6.45, 7) is 0. The molecule has 0 radical (unpaired) electrons. The van der Waals surface area contributed by atoms with E-state index in [1.807, 2.05) is 24.3 Å². The van der Waals surface area contributed by atoms with E-state index in [-0.39, 0.29) is 5.78 Å². The van der Waals surface area contributed by atoms with Crippen LogP contribution in [0.2, 0.25) is 0 Å². The summed E-state index contributed by atoms with van der Waals surface area (Å²) in [7, 11) is -2.13. The van der Waals surface area contributed by atoms with E-state index in [2.05, 4.69) is 10.3 Å². The standard InChI is InChI=1S/C8H8ClN2OP/c9-13(12)8-6-3-1-2-4-7(6)10-5-11-8/h1-5,8,13H,(H,10,11). The summed E-state index contributed by atoms with van der Waals surface area (Å²) in [5.41, 5.74) is 1.74. The molecule has 2 atom stereocenters. The van der Waals surface area contributed by atoms with Crippen LogP contribution in [0, 0.1) is 0 Å². The Balaban J connectivity index is 2.49. The number of para-hydroxylation sites is 1. The number of fused-ring (bicyclic) bond motifs is 1. The molecule has 0 aliphatic carbocycles. The molecule has 0 fully saturated rings. The van der Waals surface area contributed by atoms with Crippen molar-refractivity contribution in [2.45, 2.75) is 5.78 Å². The van der Waals surface area contributed by atoms with Crippen molar-refractivity contribution in [3.05, 3.63) is 29.8 Å². The zero-order valence-electron chi connectivity index (χ0n) is 6.70. The summed E-state index contributed by atoms with van der Waals surface area (Å²) in [5, 5.41) is 2.88. The van der Waals surface area contributed by atoms with Gasteiger partial charge in [-0.3, -0.25) is 0 Å². The molecule has 0 bridgehead atoms. The molecule has 2 unspecified atom stereocenters. The van der Waals surface area contributed by atoms with E-state index >= 15 is 0 Å². The maximum absolute atomic E-state index is 11.2. The number of hydrogen-bond acceptors (Lipinski definition) is 3. The fourth-order valence-electron chi connectivity index (χ4n) is 1.31. The second-order valence-corrected chi connectivity index (χ2v) is 5.02. The summed E-state index contributed by atoms with van der Waals surface area (Å²) in [6.07, 6.45) is 1.54. The van der Waals surface area contributed by atoms with Crippen molar-refractivity contribution >= 4 is 30.4 Å². The lowest BCUT2D eigenvalue weighted by Gasteiger charge is -2.19. The molecule has 1 aromatic rings. The van der Waals surface area contributed by atoms with Gasteiger partial charge in [-0.2, -0.15) is 0 Å². The molecule has 1 heterocycles. The Morgan fingerprint density at radius 1 is 1.46 bits per heavy atom. The van der Waals surface area contributed by atoms with Gasteiger partial charge in [-0.25, -0.2) is 4.99 Å². The van der Waals surface area contributed by atoms with Gasteiger partial charge < -0.3 is 9.88 Å². The number of benzene rings is 1. The fourth-order valence-corrected chi connectivity index (χ4v) is 2.54. The largest absolute Gasteiger partial charge is 0.362 e. The van der Waals surface area contributed by atoms with Gasteiger partial charge in [0, 0.05) is 5.56 Å². The van der Waals surface area contributed by atoms with Crippen LogP contribution >= 0.6 is 18.4 Å². The van der Waals surface area contributed by atoms with Gasteiger partial charge in [0.25, 0.3) is 0 Å². The monoisotopic (exact) mass is 214 g/mol. The molecule has 0 saturated heterocycles. The van der Waals surface area contributed by atoms with Gasteiger partial charge in [0.2, 0.25) is 0 Å². The van der Waals surface area contributed by atoms with Gasteiger partial charge in [0.1, 0.15) is 5.78 Å². The topological polar surface area (TPSA) is 41.5 Å². The number of nitrogens with one attached hydrogen (secondary N) is 1. The number of halogens is 1. The second kappa shape index (κ2) is 3.52. The molecular weight excluding hydrogens is 207 g/mol. The Kier molecular flexibility index (Phi) is 2.38. The van der Waals surface area contributed by atoms with Crippen molar-refractivity contribution in [1.82, 2.24) is 5.32 Å². The molecule has 1 aliphatic heterocycles. The summed E-state index contributed by atoms with van der Waals surface area (Å²) in [5.74, 6) is -0.277. The zero-order chi connectivity index (χ0) is 9.26. The molecule has 1 aliphatic rings. The minimum absolute atomic E-state index is 0.277. The van der Waals surface area contributed by atoms with Gasteiger partial charge in [-0.05, 0) is 6.07 Å². The van der Waals surface area contributed by atoms with Crippen molar-refractivity contribution in [3.8, 4) is 0 Å². The Morgan fingerprint density at radius 2 is 2.23 bits per heavy atom. The third kappa shape index (κ3) is 1.62.